The van der Waals surface area contributed by atoms with Crippen molar-refractivity contribution in [2.24, 2.45) is 5.16 Å². The number of oxime groups is 1. The molecule has 0 amide bonds. The van der Waals surface area contributed by atoms with Crippen LogP contribution in [0.15, 0.2) is 53.7 Å². The zero-order valence-corrected chi connectivity index (χ0v) is 17.5. The van der Waals surface area contributed by atoms with E-state index in [1.807, 2.05) is 0 Å². The van der Waals surface area contributed by atoms with E-state index in [2.05, 4.69) is 41.2 Å². The second-order valence-corrected chi connectivity index (χ2v) is 7.39. The molecule has 1 saturated heterocycles. The number of hydrogen-bond acceptors (Lipinski definition) is 5. The molecule has 0 aromatic heterocycles. The first-order chi connectivity index (χ1) is 14.7. The number of ether oxygens (including phenoxy) is 1. The molecule has 1 heterocycles. The van der Waals surface area contributed by atoms with E-state index in [4.69, 9.17) is 14.7 Å². The van der Waals surface area contributed by atoms with Gasteiger partial charge in [0.2, 0.25) is 0 Å². The number of nitrogens with zero attached hydrogens (tertiary/aromatic N) is 2. The third-order valence-electron chi connectivity index (χ3n) is 5.13. The number of carbonyl (C=O) groups is 1. The average Bonchev–Trinajstić information content (AvgIpc) is 2.77. The van der Waals surface area contributed by atoms with Crippen LogP contribution in [-0.4, -0.2) is 43.1 Å². The lowest BCUT2D eigenvalue weighted by Gasteiger charge is -2.28. The molecule has 3 rings (SSSR count). The molecule has 160 valence electrons. The summed E-state index contributed by atoms with van der Waals surface area (Å²) in [4.78, 5) is 18.7. The number of rotatable bonds is 10. The zero-order valence-electron chi connectivity index (χ0n) is 17.5. The van der Waals surface area contributed by atoms with Gasteiger partial charge in [-0.05, 0) is 61.1 Å². The molecule has 2 aromatic carbocycles. The molecule has 0 unspecified atom stereocenters. The number of anilines is 1. The summed E-state index contributed by atoms with van der Waals surface area (Å²) in [6, 6.07) is 15.6. The fourth-order valence-corrected chi connectivity index (χ4v) is 3.58. The molecule has 6 nitrogen and oxygen atoms in total. The summed E-state index contributed by atoms with van der Waals surface area (Å²) in [5.41, 5.74) is 3.96. The van der Waals surface area contributed by atoms with Crippen molar-refractivity contribution >= 4 is 17.4 Å². The van der Waals surface area contributed by atoms with Crippen LogP contribution in [0.3, 0.4) is 0 Å². The van der Waals surface area contributed by atoms with Crippen molar-refractivity contribution in [1.29, 1.82) is 0 Å². The Bertz CT molecular complexity index is 843. The molecule has 0 saturated carbocycles. The van der Waals surface area contributed by atoms with Crippen molar-refractivity contribution < 1.29 is 19.5 Å². The third kappa shape index (κ3) is 6.51. The topological polar surface area (TPSA) is 71.4 Å². The minimum Gasteiger partial charge on any atom is -0.490 e. The smallest absolute Gasteiger partial charge is 0.307 e. The van der Waals surface area contributed by atoms with Gasteiger partial charge >= 0.3 is 5.97 Å². The lowest BCUT2D eigenvalue weighted by atomic mass is 10.1. The molecule has 0 aliphatic carbocycles. The van der Waals surface area contributed by atoms with E-state index in [1.54, 1.807) is 24.3 Å². The number of piperidine rings is 1. The Morgan fingerprint density at radius 1 is 1.07 bits per heavy atom. The van der Waals surface area contributed by atoms with Gasteiger partial charge in [0.15, 0.2) is 6.61 Å². The summed E-state index contributed by atoms with van der Waals surface area (Å²) >= 11 is 0. The van der Waals surface area contributed by atoms with E-state index in [0.29, 0.717) is 24.5 Å². The maximum atomic E-state index is 10.8. The van der Waals surface area contributed by atoms with Crippen molar-refractivity contribution in [1.82, 2.24) is 0 Å². The summed E-state index contributed by atoms with van der Waals surface area (Å²) in [6.07, 6.45) is 4.62. The van der Waals surface area contributed by atoms with Crippen LogP contribution >= 0.6 is 0 Å². The summed E-state index contributed by atoms with van der Waals surface area (Å²) in [6.45, 7) is 4.99. The lowest BCUT2D eigenvalue weighted by Crippen LogP contribution is -2.29. The van der Waals surface area contributed by atoms with E-state index < -0.39 is 5.97 Å². The first kappa shape index (κ1) is 21.7. The highest BCUT2D eigenvalue weighted by molar-refractivity contribution is 6.00. The van der Waals surface area contributed by atoms with Gasteiger partial charge in [-0.25, -0.2) is 0 Å². The molecular weight excluding hydrogens is 380 g/mol. The highest BCUT2D eigenvalue weighted by atomic mass is 16.6. The lowest BCUT2D eigenvalue weighted by molar-refractivity contribution is -0.136. The molecule has 0 radical (unpaired) electrons. The predicted octanol–water partition coefficient (Wildman–Crippen LogP) is 4.51. The molecule has 2 aromatic rings. The van der Waals surface area contributed by atoms with Gasteiger partial charge in [-0.15, -0.1) is 0 Å². The third-order valence-corrected chi connectivity index (χ3v) is 5.13. The largest absolute Gasteiger partial charge is 0.490 e. The first-order valence-electron chi connectivity index (χ1n) is 10.6. The van der Waals surface area contributed by atoms with E-state index in [9.17, 15) is 4.79 Å². The van der Waals surface area contributed by atoms with Gasteiger partial charge < -0.3 is 19.6 Å². The SMILES string of the molecule is CC/C(=N\OCCOc1cccc(CC(=O)O)c1)c1ccc(N2CCCCC2)cc1. The quantitative estimate of drug-likeness (QED) is 0.354. The van der Waals surface area contributed by atoms with Crippen molar-refractivity contribution in [2.45, 2.75) is 39.0 Å². The highest BCUT2D eigenvalue weighted by Gasteiger charge is 2.11. The zero-order chi connectivity index (χ0) is 21.2. The second kappa shape index (κ2) is 11.2. The molecule has 0 atom stereocenters. The first-order valence-corrected chi connectivity index (χ1v) is 10.6. The Morgan fingerprint density at radius 3 is 2.53 bits per heavy atom. The number of aliphatic carboxylic acids is 1. The summed E-state index contributed by atoms with van der Waals surface area (Å²) in [5, 5.41) is 13.2. The van der Waals surface area contributed by atoms with Crippen LogP contribution in [-0.2, 0) is 16.1 Å². The molecule has 6 heteroatoms. The Hall–Kier alpha value is -3.02. The molecule has 0 bridgehead atoms. The number of benzene rings is 2. The molecule has 0 spiro atoms. The minimum atomic E-state index is -0.860. The van der Waals surface area contributed by atoms with Gasteiger partial charge in [0.05, 0.1) is 12.1 Å². The van der Waals surface area contributed by atoms with Crippen LogP contribution in [0.1, 0.15) is 43.7 Å². The van der Waals surface area contributed by atoms with Gasteiger partial charge in [-0.3, -0.25) is 4.79 Å². The second-order valence-electron chi connectivity index (χ2n) is 7.39. The van der Waals surface area contributed by atoms with Crippen molar-refractivity contribution in [3.63, 3.8) is 0 Å². The van der Waals surface area contributed by atoms with Crippen molar-refractivity contribution in [3.05, 3.63) is 59.7 Å². The highest BCUT2D eigenvalue weighted by Crippen LogP contribution is 2.21. The van der Waals surface area contributed by atoms with Crippen LogP contribution in [0.25, 0.3) is 0 Å². The Kier molecular flexibility index (Phi) is 8.12. The van der Waals surface area contributed by atoms with Crippen LogP contribution < -0.4 is 9.64 Å². The Morgan fingerprint density at radius 2 is 1.83 bits per heavy atom. The molecular formula is C24H30N2O4. The standard InChI is InChI=1S/C24H30N2O4/c1-2-23(20-9-11-21(12-10-20)26-13-4-3-5-14-26)25-30-16-15-29-22-8-6-7-19(17-22)18-24(27)28/h6-12,17H,2-5,13-16,18H2,1H3,(H,27,28)/b25-23+. The van der Waals surface area contributed by atoms with Gasteiger partial charge in [0.1, 0.15) is 12.4 Å². The van der Waals surface area contributed by atoms with E-state index in [1.165, 1.54) is 24.9 Å². The monoisotopic (exact) mass is 410 g/mol. The van der Waals surface area contributed by atoms with Gasteiger partial charge in [-0.2, -0.15) is 0 Å². The fraction of sp³-hybridized carbons (Fsp3) is 0.417. The van der Waals surface area contributed by atoms with Gasteiger partial charge in [0, 0.05) is 18.8 Å². The molecule has 30 heavy (non-hydrogen) atoms. The maximum absolute atomic E-state index is 10.8. The average molecular weight is 411 g/mol. The normalized spacial score (nSPS) is 14.4. The van der Waals surface area contributed by atoms with E-state index in [0.717, 1.165) is 30.8 Å². The molecule has 1 aliphatic rings. The predicted molar refractivity (Wildman–Crippen MR) is 119 cm³/mol. The molecule has 1 N–H and O–H groups in total. The molecule has 1 fully saturated rings. The number of carboxylic acid groups (broad SMARTS) is 1. The van der Waals surface area contributed by atoms with Crippen LogP contribution in [0.4, 0.5) is 5.69 Å². The van der Waals surface area contributed by atoms with Crippen LogP contribution in [0, 0.1) is 0 Å². The Labute approximate surface area is 178 Å². The van der Waals surface area contributed by atoms with Crippen molar-refractivity contribution in [3.8, 4) is 5.75 Å². The van der Waals surface area contributed by atoms with Crippen LogP contribution in [0.2, 0.25) is 0 Å². The van der Waals surface area contributed by atoms with E-state index >= 15 is 0 Å². The van der Waals surface area contributed by atoms with Gasteiger partial charge in [-0.1, -0.05) is 36.3 Å². The minimum absolute atomic E-state index is 0.0194. The van der Waals surface area contributed by atoms with E-state index in [-0.39, 0.29) is 6.42 Å². The summed E-state index contributed by atoms with van der Waals surface area (Å²) < 4.78 is 5.64. The van der Waals surface area contributed by atoms with Crippen LogP contribution in [0.5, 0.6) is 5.75 Å². The maximum Gasteiger partial charge on any atom is 0.307 e. The van der Waals surface area contributed by atoms with Gasteiger partial charge in [0.25, 0.3) is 0 Å². The molecule has 1 aliphatic heterocycles. The fourth-order valence-electron chi connectivity index (χ4n) is 3.58. The van der Waals surface area contributed by atoms with Crippen molar-refractivity contribution in [2.75, 3.05) is 31.2 Å². The number of carboxylic acids is 1. The summed E-state index contributed by atoms with van der Waals surface area (Å²) in [7, 11) is 0. The Balaban J connectivity index is 1.48. The number of hydrogen-bond donors (Lipinski definition) is 1. The summed E-state index contributed by atoms with van der Waals surface area (Å²) in [5.74, 6) is -0.230.